The Morgan fingerprint density at radius 2 is 1.43 bits per heavy atom. The number of hydrogen-bond donors (Lipinski definition) is 3. The molecule has 1 unspecified atom stereocenters. The Morgan fingerprint density at radius 1 is 0.867 bits per heavy atom. The van der Waals surface area contributed by atoms with Crippen molar-refractivity contribution in [3.05, 3.63) is 72.2 Å². The van der Waals surface area contributed by atoms with Crippen LogP contribution in [0.5, 0.6) is 11.5 Å². The quantitative estimate of drug-likeness (QED) is 0.462. The summed E-state index contributed by atoms with van der Waals surface area (Å²) in [5.74, 6) is 0.803. The van der Waals surface area contributed by atoms with E-state index in [-0.39, 0.29) is 11.5 Å². The molecule has 1 atom stereocenters. The van der Waals surface area contributed by atoms with Crippen LogP contribution >= 0.6 is 0 Å². The molecule has 30 heavy (non-hydrogen) atoms. The van der Waals surface area contributed by atoms with Crippen molar-refractivity contribution in [3.8, 4) is 11.5 Å². The van der Waals surface area contributed by atoms with Crippen molar-refractivity contribution in [3.63, 3.8) is 0 Å². The number of rotatable bonds is 9. The molecule has 3 N–H and O–H groups in total. The number of benzene rings is 2. The summed E-state index contributed by atoms with van der Waals surface area (Å²) >= 11 is 0. The second-order valence-corrected chi connectivity index (χ2v) is 6.43. The maximum atomic E-state index is 12.7. The van der Waals surface area contributed by atoms with Crippen molar-refractivity contribution in [2.45, 2.75) is 13.0 Å². The van der Waals surface area contributed by atoms with Crippen LogP contribution in [-0.4, -0.2) is 25.9 Å². The Kier molecular flexibility index (Phi) is 6.71. The Morgan fingerprint density at radius 3 is 1.97 bits per heavy atom. The fraction of sp³-hybridized carbons (Fsp3) is 0.182. The van der Waals surface area contributed by atoms with Crippen LogP contribution in [0, 0.1) is 0 Å². The highest BCUT2D eigenvalue weighted by Crippen LogP contribution is 2.23. The van der Waals surface area contributed by atoms with E-state index in [1.54, 1.807) is 68.8 Å². The molecule has 0 aliphatic carbocycles. The molecule has 1 aromatic heterocycles. The Hall–Kier alpha value is -3.78. The largest absolute Gasteiger partial charge is 0.497 e. The van der Waals surface area contributed by atoms with Gasteiger partial charge in [0.05, 0.1) is 20.5 Å². The lowest BCUT2D eigenvalue weighted by Crippen LogP contribution is -2.33. The van der Waals surface area contributed by atoms with Gasteiger partial charge in [-0.25, -0.2) is 5.43 Å². The zero-order chi connectivity index (χ0) is 21.5. The van der Waals surface area contributed by atoms with Crippen molar-refractivity contribution < 1.29 is 23.5 Å². The van der Waals surface area contributed by atoms with Gasteiger partial charge in [-0.05, 0) is 61.5 Å². The number of amides is 1. The van der Waals surface area contributed by atoms with E-state index in [0.29, 0.717) is 17.0 Å². The molecule has 0 aliphatic rings. The smallest absolute Gasteiger partial charge is 0.291 e. The van der Waals surface area contributed by atoms with Gasteiger partial charge in [-0.15, -0.1) is 0 Å². The summed E-state index contributed by atoms with van der Waals surface area (Å²) in [4.78, 5) is 25.0. The molecular formula is C22H23N3O5. The van der Waals surface area contributed by atoms with Crippen molar-refractivity contribution in [1.82, 2.24) is 5.43 Å². The highest BCUT2D eigenvalue weighted by molar-refractivity contribution is 6.04. The lowest BCUT2D eigenvalue weighted by Gasteiger charge is -2.18. The molecule has 0 aliphatic heterocycles. The minimum atomic E-state index is -0.789. The second-order valence-electron chi connectivity index (χ2n) is 6.43. The minimum Gasteiger partial charge on any atom is -0.497 e. The second kappa shape index (κ2) is 9.62. The van der Waals surface area contributed by atoms with Gasteiger partial charge >= 0.3 is 0 Å². The molecule has 0 saturated heterocycles. The van der Waals surface area contributed by atoms with Gasteiger partial charge in [-0.1, -0.05) is 0 Å². The first kappa shape index (κ1) is 20.9. The predicted molar refractivity (Wildman–Crippen MR) is 113 cm³/mol. The van der Waals surface area contributed by atoms with E-state index in [0.717, 1.165) is 11.4 Å². The first-order chi connectivity index (χ1) is 14.5. The molecule has 3 rings (SSSR count). The molecule has 1 heterocycles. The number of carbonyl (C=O) groups is 2. The van der Waals surface area contributed by atoms with Crippen LogP contribution in [0.15, 0.2) is 65.3 Å². The number of hydrogen-bond acceptors (Lipinski definition) is 7. The lowest BCUT2D eigenvalue weighted by molar-refractivity contribution is -0.119. The van der Waals surface area contributed by atoms with Crippen LogP contribution in [0.1, 0.15) is 29.1 Å². The molecular weight excluding hydrogens is 386 g/mol. The SMILES string of the molecule is COc1ccc(NNC(C(C)=O)c2ccoc2C(=O)Nc2ccc(OC)cc2)cc1. The van der Waals surface area contributed by atoms with Gasteiger partial charge in [0, 0.05) is 16.9 Å². The number of methoxy groups -OCH3 is 2. The maximum absolute atomic E-state index is 12.7. The first-order valence-corrected chi connectivity index (χ1v) is 9.20. The lowest BCUT2D eigenvalue weighted by atomic mass is 10.0. The van der Waals surface area contributed by atoms with E-state index in [2.05, 4.69) is 16.2 Å². The van der Waals surface area contributed by atoms with Gasteiger partial charge < -0.3 is 24.6 Å². The number of anilines is 2. The van der Waals surface area contributed by atoms with Crippen LogP contribution in [-0.2, 0) is 4.79 Å². The third kappa shape index (κ3) is 4.98. The third-order valence-electron chi connectivity index (χ3n) is 4.42. The fourth-order valence-corrected chi connectivity index (χ4v) is 2.82. The summed E-state index contributed by atoms with van der Waals surface area (Å²) in [5.41, 5.74) is 7.67. The van der Waals surface area contributed by atoms with Gasteiger partial charge in [-0.3, -0.25) is 9.59 Å². The number of hydrazine groups is 1. The van der Waals surface area contributed by atoms with Crippen LogP contribution in [0.3, 0.4) is 0 Å². The van der Waals surface area contributed by atoms with Gasteiger partial charge in [-0.2, -0.15) is 0 Å². The van der Waals surface area contributed by atoms with Gasteiger partial charge in [0.1, 0.15) is 17.5 Å². The standard InChI is InChI=1S/C22H23N3O5/c1-14(26)20(25-24-16-6-10-18(29-3)11-7-16)19-12-13-30-21(19)22(27)23-15-4-8-17(28-2)9-5-15/h4-13,20,24-25H,1-3H3,(H,23,27). The number of carbonyl (C=O) groups excluding carboxylic acids is 2. The fourth-order valence-electron chi connectivity index (χ4n) is 2.82. The Labute approximate surface area is 174 Å². The third-order valence-corrected chi connectivity index (χ3v) is 4.42. The summed E-state index contributed by atoms with van der Waals surface area (Å²) in [5, 5.41) is 2.75. The molecule has 0 bridgehead atoms. The normalized spacial score (nSPS) is 11.4. The summed E-state index contributed by atoms with van der Waals surface area (Å²) in [6.07, 6.45) is 1.38. The van der Waals surface area contributed by atoms with Gasteiger partial charge in [0.25, 0.3) is 5.91 Å². The molecule has 3 aromatic rings. The minimum absolute atomic E-state index is 0.0510. The molecule has 1 amide bonds. The molecule has 0 fully saturated rings. The van der Waals surface area contributed by atoms with E-state index in [9.17, 15) is 9.59 Å². The van der Waals surface area contributed by atoms with Gasteiger partial charge in [0.15, 0.2) is 11.5 Å². The highest BCUT2D eigenvalue weighted by atomic mass is 16.5. The Balaban J connectivity index is 1.73. The number of ketones is 1. The number of Topliss-reactive ketones (excluding diaryl/α,β-unsaturated/α-hetero) is 1. The van der Waals surface area contributed by atoms with Crippen LogP contribution < -0.4 is 25.6 Å². The highest BCUT2D eigenvalue weighted by Gasteiger charge is 2.26. The maximum Gasteiger partial charge on any atom is 0.291 e. The van der Waals surface area contributed by atoms with Crippen molar-refractivity contribution in [2.24, 2.45) is 0 Å². The van der Waals surface area contributed by atoms with E-state index in [1.165, 1.54) is 13.2 Å². The van der Waals surface area contributed by atoms with Crippen LogP contribution in [0.25, 0.3) is 0 Å². The number of nitrogens with one attached hydrogen (secondary N) is 3. The predicted octanol–water partition coefficient (Wildman–Crippen LogP) is 3.80. The van der Waals surface area contributed by atoms with E-state index in [1.807, 2.05) is 0 Å². The summed E-state index contributed by atoms with van der Waals surface area (Å²) in [6, 6.07) is 14.9. The van der Waals surface area contributed by atoms with Crippen molar-refractivity contribution in [2.75, 3.05) is 25.0 Å². The average Bonchev–Trinajstić information content (AvgIpc) is 3.24. The van der Waals surface area contributed by atoms with Crippen molar-refractivity contribution >= 4 is 23.1 Å². The van der Waals surface area contributed by atoms with E-state index in [4.69, 9.17) is 13.9 Å². The number of furan rings is 1. The number of ether oxygens (including phenoxy) is 2. The van der Waals surface area contributed by atoms with Crippen LogP contribution in [0.4, 0.5) is 11.4 Å². The Bertz CT molecular complexity index is 996. The molecule has 0 spiro atoms. The molecule has 0 saturated carbocycles. The summed E-state index contributed by atoms with van der Waals surface area (Å²) in [7, 11) is 3.15. The van der Waals surface area contributed by atoms with Crippen LogP contribution in [0.2, 0.25) is 0 Å². The zero-order valence-corrected chi connectivity index (χ0v) is 16.9. The van der Waals surface area contributed by atoms with E-state index >= 15 is 0 Å². The molecule has 8 nitrogen and oxygen atoms in total. The first-order valence-electron chi connectivity index (χ1n) is 9.20. The zero-order valence-electron chi connectivity index (χ0n) is 16.9. The van der Waals surface area contributed by atoms with Gasteiger partial charge in [0.2, 0.25) is 0 Å². The monoisotopic (exact) mass is 409 g/mol. The topological polar surface area (TPSA) is 102 Å². The average molecular weight is 409 g/mol. The molecule has 2 aromatic carbocycles. The van der Waals surface area contributed by atoms with Crippen molar-refractivity contribution in [1.29, 1.82) is 0 Å². The van der Waals surface area contributed by atoms with E-state index < -0.39 is 11.9 Å². The molecule has 0 radical (unpaired) electrons. The molecule has 156 valence electrons. The summed E-state index contributed by atoms with van der Waals surface area (Å²) in [6.45, 7) is 1.44. The molecule has 8 heteroatoms. The summed E-state index contributed by atoms with van der Waals surface area (Å²) < 4.78 is 15.6.